The molecule has 0 fully saturated rings. The minimum absolute atomic E-state index is 0. The van der Waals surface area contributed by atoms with E-state index in [1.54, 1.807) is 7.16 Å². The number of allylic oxidation sites excluding steroid dienone is 4. The van der Waals surface area contributed by atoms with Crippen molar-refractivity contribution in [1.82, 2.24) is 0 Å². The first-order chi connectivity index (χ1) is 4.80. The molecule has 11 heavy (non-hydrogen) atoms. The molecule has 0 bridgehead atoms. The molecule has 0 unspecified atom stereocenters. The van der Waals surface area contributed by atoms with Crippen LogP contribution >= 0.6 is 45.2 Å². The van der Waals surface area contributed by atoms with Crippen molar-refractivity contribution in [2.24, 2.45) is 0 Å². The third-order valence-electron chi connectivity index (χ3n) is 1.52. The molecule has 0 amide bonds. The maximum absolute atomic E-state index is 2.46. The van der Waals surface area contributed by atoms with Crippen LogP contribution in [0.25, 0.3) is 0 Å². The Morgan fingerprint density at radius 2 is 1.27 bits per heavy atom. The van der Waals surface area contributed by atoms with Crippen LogP contribution in [0.3, 0.4) is 0 Å². The van der Waals surface area contributed by atoms with Gasteiger partial charge in [-0.15, -0.1) is 0 Å². The zero-order chi connectivity index (χ0) is 7.40. The van der Waals surface area contributed by atoms with E-state index in [2.05, 4.69) is 57.3 Å². The summed E-state index contributed by atoms with van der Waals surface area (Å²) in [7, 11) is 0. The fraction of sp³-hybridized carbons (Fsp3) is 0.500. The van der Waals surface area contributed by atoms with Gasteiger partial charge in [-0.2, -0.15) is 0 Å². The van der Waals surface area contributed by atoms with E-state index in [9.17, 15) is 0 Å². The minimum atomic E-state index is 0. The van der Waals surface area contributed by atoms with Crippen molar-refractivity contribution < 1.29 is 21.1 Å². The Labute approximate surface area is 110 Å². The topological polar surface area (TPSA) is 0 Å². The van der Waals surface area contributed by atoms with Crippen LogP contribution < -0.4 is 0 Å². The first-order valence-electron chi connectivity index (χ1n) is 3.48. The number of halogens is 2. The van der Waals surface area contributed by atoms with Gasteiger partial charge in [-0.05, 0) is 70.9 Å². The van der Waals surface area contributed by atoms with Gasteiger partial charge in [0, 0.05) is 28.2 Å². The maximum atomic E-state index is 2.46. The number of hydrogen-bond acceptors (Lipinski definition) is 0. The Balaban J connectivity index is 0.000001000. The summed E-state index contributed by atoms with van der Waals surface area (Å²) >= 11 is 4.93. The summed E-state index contributed by atoms with van der Waals surface area (Å²) in [4.78, 5) is 0. The molecule has 0 atom stereocenters. The summed E-state index contributed by atoms with van der Waals surface area (Å²) in [6, 6.07) is 0. The summed E-state index contributed by atoms with van der Waals surface area (Å²) in [5, 5.41) is 0. The molecule has 0 aliphatic heterocycles. The van der Waals surface area contributed by atoms with E-state index in [1.807, 2.05) is 0 Å². The second kappa shape index (κ2) is 7.07. The molecule has 0 heterocycles. The van der Waals surface area contributed by atoms with E-state index in [1.165, 1.54) is 25.7 Å². The fourth-order valence-electron chi connectivity index (χ4n) is 0.927. The monoisotopic (exact) mass is 555 g/mol. The van der Waals surface area contributed by atoms with Crippen LogP contribution in [0.5, 0.6) is 0 Å². The van der Waals surface area contributed by atoms with Crippen LogP contribution in [-0.4, -0.2) is 0 Å². The Bertz CT molecular complexity index is 155. The zero-order valence-electron chi connectivity index (χ0n) is 6.06. The van der Waals surface area contributed by atoms with Gasteiger partial charge in [-0.3, -0.25) is 0 Å². The average molecular weight is 555 g/mol. The van der Waals surface area contributed by atoms with Crippen LogP contribution in [0.15, 0.2) is 19.3 Å². The Morgan fingerprint density at radius 1 is 0.909 bits per heavy atom. The molecule has 1 aliphatic rings. The van der Waals surface area contributed by atoms with E-state index in [-0.39, 0.29) is 21.1 Å². The Hall–Kier alpha value is 1.63. The fourth-order valence-corrected chi connectivity index (χ4v) is 2.09. The molecule has 0 nitrogen and oxygen atoms in total. The number of hydrogen-bond donors (Lipinski definition) is 0. The molecule has 66 valence electrons. The number of rotatable bonds is 0. The third-order valence-corrected chi connectivity index (χ3v) is 4.93. The van der Waals surface area contributed by atoms with Crippen molar-refractivity contribution in [3.8, 4) is 0 Å². The third kappa shape index (κ3) is 5.04. The summed E-state index contributed by atoms with van der Waals surface area (Å²) in [5.74, 6) is 0. The van der Waals surface area contributed by atoms with Gasteiger partial charge in [0.2, 0.25) is 0 Å². The summed E-state index contributed by atoms with van der Waals surface area (Å²) in [5.41, 5.74) is 0. The summed E-state index contributed by atoms with van der Waals surface area (Å²) < 4.78 is 3.12. The smallest absolute Gasteiger partial charge is 0.000177 e. The molecule has 0 N–H and O–H groups in total. The van der Waals surface area contributed by atoms with E-state index >= 15 is 0 Å². The molecule has 1 rings (SSSR count). The maximum Gasteiger partial charge on any atom is 0.000177 e. The van der Waals surface area contributed by atoms with Gasteiger partial charge >= 0.3 is 0 Å². The first kappa shape index (κ1) is 12.6. The summed E-state index contributed by atoms with van der Waals surface area (Å²) in [6.07, 6.45) is 9.53. The van der Waals surface area contributed by atoms with E-state index in [0.29, 0.717) is 0 Å². The minimum Gasteiger partial charge on any atom is -0.0882 e. The average Bonchev–Trinajstić information content (AvgIpc) is 1.92. The molecule has 0 saturated heterocycles. The van der Waals surface area contributed by atoms with E-state index in [4.69, 9.17) is 0 Å². The van der Waals surface area contributed by atoms with Crippen molar-refractivity contribution in [3.63, 3.8) is 0 Å². The molecular weight excluding hydrogens is 545 g/mol. The van der Waals surface area contributed by atoms with Crippen LogP contribution in [0.1, 0.15) is 25.7 Å². The Morgan fingerprint density at radius 3 is 1.64 bits per heavy atom. The van der Waals surface area contributed by atoms with Crippen molar-refractivity contribution in [1.29, 1.82) is 0 Å². The predicted molar refractivity (Wildman–Crippen MR) is 62.7 cm³/mol. The molecule has 0 saturated carbocycles. The molecular formula is C8H10I2Pt. The SMILES string of the molecule is I/C1=C(\I)CC/C=C\CC1.[Pt]. The van der Waals surface area contributed by atoms with Crippen molar-refractivity contribution >= 4 is 45.2 Å². The molecule has 0 spiro atoms. The van der Waals surface area contributed by atoms with Gasteiger partial charge in [-0.1, -0.05) is 12.2 Å². The van der Waals surface area contributed by atoms with Gasteiger partial charge in [0.15, 0.2) is 0 Å². The predicted octanol–water partition coefficient (Wildman–Crippen LogP) is 4.20. The van der Waals surface area contributed by atoms with Crippen LogP contribution in [0.2, 0.25) is 0 Å². The van der Waals surface area contributed by atoms with Crippen molar-refractivity contribution in [2.45, 2.75) is 25.7 Å². The van der Waals surface area contributed by atoms with Gasteiger partial charge in [-0.25, -0.2) is 0 Å². The van der Waals surface area contributed by atoms with Crippen molar-refractivity contribution in [2.75, 3.05) is 0 Å². The van der Waals surface area contributed by atoms with Crippen LogP contribution in [-0.2, 0) is 21.1 Å². The van der Waals surface area contributed by atoms with Gasteiger partial charge in [0.25, 0.3) is 0 Å². The van der Waals surface area contributed by atoms with Crippen LogP contribution in [0, 0.1) is 0 Å². The Kier molecular flexibility index (Phi) is 8.12. The van der Waals surface area contributed by atoms with Crippen LogP contribution in [0.4, 0.5) is 0 Å². The largest absolute Gasteiger partial charge is 0.0882 e. The molecule has 0 aromatic heterocycles. The van der Waals surface area contributed by atoms with Gasteiger partial charge in [0.1, 0.15) is 0 Å². The standard InChI is InChI=1S/C8H10I2.Pt/c9-7-5-3-1-2-4-6-8(7)10;/h1-2H,3-6H2;/b2-1-,8-7-;. The quantitative estimate of drug-likeness (QED) is 0.311. The second-order valence-corrected chi connectivity index (χ2v) is 4.96. The van der Waals surface area contributed by atoms with Gasteiger partial charge in [0.05, 0.1) is 0 Å². The first-order valence-corrected chi connectivity index (χ1v) is 5.64. The van der Waals surface area contributed by atoms with E-state index in [0.717, 1.165) is 0 Å². The molecule has 1 aliphatic carbocycles. The molecule has 0 aromatic rings. The molecule has 0 aromatic carbocycles. The van der Waals surface area contributed by atoms with E-state index < -0.39 is 0 Å². The zero-order valence-corrected chi connectivity index (χ0v) is 12.6. The summed E-state index contributed by atoms with van der Waals surface area (Å²) in [6.45, 7) is 0. The molecule has 0 radical (unpaired) electrons. The van der Waals surface area contributed by atoms with Crippen molar-refractivity contribution in [3.05, 3.63) is 19.3 Å². The normalized spacial score (nSPS) is 28.2. The molecule has 3 heteroatoms. The second-order valence-electron chi connectivity index (χ2n) is 2.36. The van der Waals surface area contributed by atoms with Gasteiger partial charge < -0.3 is 0 Å².